The van der Waals surface area contributed by atoms with E-state index in [1.807, 2.05) is 42.5 Å². The summed E-state index contributed by atoms with van der Waals surface area (Å²) in [5, 5.41) is 6.51. The van der Waals surface area contributed by atoms with E-state index in [1.165, 1.54) is 6.08 Å². The van der Waals surface area contributed by atoms with Crippen LogP contribution in [0.15, 0.2) is 61.2 Å². The second-order valence-corrected chi connectivity index (χ2v) is 6.60. The molecule has 1 aliphatic rings. The zero-order valence-corrected chi connectivity index (χ0v) is 14.5. The Morgan fingerprint density at radius 1 is 1.16 bits per heavy atom. The summed E-state index contributed by atoms with van der Waals surface area (Å²) >= 11 is 6.07. The van der Waals surface area contributed by atoms with Gasteiger partial charge in [0.05, 0.1) is 12.0 Å². The number of benzene rings is 2. The molecule has 4 nitrogen and oxygen atoms in total. The molecule has 0 heterocycles. The van der Waals surface area contributed by atoms with Crippen LogP contribution in [0, 0.1) is 0 Å². The van der Waals surface area contributed by atoms with Gasteiger partial charge in [-0.3, -0.25) is 9.59 Å². The number of amides is 2. The van der Waals surface area contributed by atoms with Crippen LogP contribution in [0.5, 0.6) is 0 Å². The molecule has 128 valence electrons. The Kier molecular flexibility index (Phi) is 4.91. The maximum atomic E-state index is 12.6. The molecular weight excluding hydrogens is 336 g/mol. The number of nitrogens with one attached hydrogen (secondary N) is 2. The Balaban J connectivity index is 1.71. The fourth-order valence-corrected chi connectivity index (χ4v) is 3.05. The Bertz CT molecular complexity index is 828. The molecule has 2 amide bonds. The Labute approximate surface area is 151 Å². The molecule has 0 saturated heterocycles. The molecule has 2 aromatic rings. The maximum Gasteiger partial charge on any atom is 0.247 e. The highest BCUT2D eigenvalue weighted by Crippen LogP contribution is 2.46. The Morgan fingerprint density at radius 2 is 1.92 bits per heavy atom. The molecule has 1 aliphatic carbocycles. The highest BCUT2D eigenvalue weighted by molar-refractivity contribution is 6.30. The van der Waals surface area contributed by atoms with E-state index >= 15 is 0 Å². The van der Waals surface area contributed by atoms with Crippen LogP contribution in [-0.4, -0.2) is 11.8 Å². The predicted octanol–water partition coefficient (Wildman–Crippen LogP) is 3.81. The normalized spacial score (nSPS) is 14.4. The lowest BCUT2D eigenvalue weighted by Gasteiger charge is -2.19. The number of hydrogen-bond acceptors (Lipinski definition) is 2. The number of para-hydroxylation sites is 1. The number of halogens is 1. The fraction of sp³-hybridized carbons (Fsp3) is 0.200. The summed E-state index contributed by atoms with van der Waals surface area (Å²) in [5.41, 5.74) is 2.09. The average molecular weight is 355 g/mol. The van der Waals surface area contributed by atoms with Gasteiger partial charge in [0.1, 0.15) is 0 Å². The van der Waals surface area contributed by atoms with Crippen LogP contribution in [0.4, 0.5) is 5.69 Å². The first-order valence-corrected chi connectivity index (χ1v) is 8.49. The van der Waals surface area contributed by atoms with E-state index in [4.69, 9.17) is 11.6 Å². The third-order valence-corrected chi connectivity index (χ3v) is 4.55. The zero-order valence-electron chi connectivity index (χ0n) is 13.7. The molecular formula is C20H19ClN2O2. The van der Waals surface area contributed by atoms with Crippen LogP contribution < -0.4 is 10.6 Å². The molecule has 0 aliphatic heterocycles. The number of anilines is 1. The summed E-state index contributed by atoms with van der Waals surface area (Å²) in [6.45, 7) is 3.44. The van der Waals surface area contributed by atoms with E-state index in [1.54, 1.807) is 6.07 Å². The van der Waals surface area contributed by atoms with Gasteiger partial charge in [0.2, 0.25) is 11.8 Å². The van der Waals surface area contributed by atoms with E-state index in [2.05, 4.69) is 17.2 Å². The van der Waals surface area contributed by atoms with E-state index in [-0.39, 0.29) is 23.8 Å². The van der Waals surface area contributed by atoms with E-state index in [9.17, 15) is 9.59 Å². The van der Waals surface area contributed by atoms with Crippen molar-refractivity contribution in [2.45, 2.75) is 24.8 Å². The van der Waals surface area contributed by atoms with Crippen LogP contribution in [0.2, 0.25) is 5.02 Å². The van der Waals surface area contributed by atoms with Gasteiger partial charge in [0.15, 0.2) is 0 Å². The summed E-state index contributed by atoms with van der Waals surface area (Å²) in [6.07, 6.45) is 3.19. The average Bonchev–Trinajstić information content (AvgIpc) is 3.37. The summed E-state index contributed by atoms with van der Waals surface area (Å²) < 4.78 is 0. The number of carbonyl (C=O) groups is 2. The molecule has 3 rings (SSSR count). The summed E-state index contributed by atoms with van der Waals surface area (Å²) in [6, 6.07) is 14.9. The first-order valence-electron chi connectivity index (χ1n) is 8.11. The second kappa shape index (κ2) is 7.11. The minimum Gasteiger partial charge on any atom is -0.346 e. The van der Waals surface area contributed by atoms with Gasteiger partial charge in [-0.1, -0.05) is 48.5 Å². The predicted molar refractivity (Wildman–Crippen MR) is 99.5 cm³/mol. The zero-order chi connectivity index (χ0) is 17.9. The lowest BCUT2D eigenvalue weighted by atomic mass is 10.0. The molecule has 0 unspecified atom stereocenters. The maximum absolute atomic E-state index is 12.6. The van der Waals surface area contributed by atoms with Gasteiger partial charge < -0.3 is 10.6 Å². The van der Waals surface area contributed by atoms with Crippen molar-refractivity contribution >= 4 is 29.1 Å². The van der Waals surface area contributed by atoms with Gasteiger partial charge in [0.25, 0.3) is 0 Å². The van der Waals surface area contributed by atoms with Gasteiger partial charge in [-0.15, -0.1) is 0 Å². The van der Waals surface area contributed by atoms with Crippen LogP contribution in [0.3, 0.4) is 0 Å². The molecule has 0 bridgehead atoms. The van der Waals surface area contributed by atoms with Crippen molar-refractivity contribution in [3.05, 3.63) is 77.3 Å². The minimum atomic E-state index is -0.318. The van der Waals surface area contributed by atoms with E-state index < -0.39 is 0 Å². The third-order valence-electron chi connectivity index (χ3n) is 4.32. The highest BCUT2D eigenvalue weighted by Gasteiger charge is 2.45. The van der Waals surface area contributed by atoms with Gasteiger partial charge in [-0.05, 0) is 48.2 Å². The summed E-state index contributed by atoms with van der Waals surface area (Å²) in [7, 11) is 0. The van der Waals surface area contributed by atoms with Crippen LogP contribution in [0.1, 0.15) is 24.0 Å². The van der Waals surface area contributed by atoms with Crippen molar-refractivity contribution < 1.29 is 9.59 Å². The van der Waals surface area contributed by atoms with Gasteiger partial charge >= 0.3 is 0 Å². The Morgan fingerprint density at radius 3 is 2.60 bits per heavy atom. The summed E-state index contributed by atoms with van der Waals surface area (Å²) in [5.74, 6) is -0.386. The molecule has 0 radical (unpaired) electrons. The topological polar surface area (TPSA) is 58.2 Å². The number of rotatable bonds is 6. The molecule has 0 aromatic heterocycles. The first-order chi connectivity index (χ1) is 12.0. The van der Waals surface area contributed by atoms with E-state index in [0.29, 0.717) is 10.7 Å². The molecule has 1 fully saturated rings. The van der Waals surface area contributed by atoms with Crippen molar-refractivity contribution in [2.24, 2.45) is 0 Å². The lowest BCUT2D eigenvalue weighted by Crippen LogP contribution is -2.36. The van der Waals surface area contributed by atoms with Gasteiger partial charge in [-0.25, -0.2) is 0 Å². The quantitative estimate of drug-likeness (QED) is 0.775. The lowest BCUT2D eigenvalue weighted by molar-refractivity contribution is -0.121. The molecule has 5 heteroatoms. The van der Waals surface area contributed by atoms with Crippen LogP contribution in [-0.2, 0) is 21.5 Å². The van der Waals surface area contributed by atoms with Crippen LogP contribution in [0.25, 0.3) is 0 Å². The molecule has 2 aromatic carbocycles. The minimum absolute atomic E-state index is 0.0854. The smallest absolute Gasteiger partial charge is 0.247 e. The van der Waals surface area contributed by atoms with Crippen LogP contribution >= 0.6 is 11.6 Å². The SMILES string of the molecule is C=CC(=O)Nc1ccccc1CC(=O)NC1(c2cccc(Cl)c2)CC1. The first kappa shape index (κ1) is 17.2. The van der Waals surface area contributed by atoms with Crippen molar-refractivity contribution in [1.82, 2.24) is 5.32 Å². The largest absolute Gasteiger partial charge is 0.346 e. The van der Waals surface area contributed by atoms with Crippen molar-refractivity contribution in [3.8, 4) is 0 Å². The molecule has 0 spiro atoms. The standard InChI is InChI=1S/C20H19ClN2O2/c1-2-18(24)22-17-9-4-3-6-14(17)12-19(25)23-20(10-11-20)15-7-5-8-16(21)13-15/h2-9,13H,1,10-12H2,(H,22,24)(H,23,25). The molecule has 2 N–H and O–H groups in total. The van der Waals surface area contributed by atoms with Gasteiger partial charge in [0, 0.05) is 10.7 Å². The number of hydrogen-bond donors (Lipinski definition) is 2. The van der Waals surface area contributed by atoms with Crippen molar-refractivity contribution in [1.29, 1.82) is 0 Å². The van der Waals surface area contributed by atoms with E-state index in [0.717, 1.165) is 24.0 Å². The van der Waals surface area contributed by atoms with Gasteiger partial charge in [-0.2, -0.15) is 0 Å². The molecule has 25 heavy (non-hydrogen) atoms. The molecule has 1 saturated carbocycles. The fourth-order valence-electron chi connectivity index (χ4n) is 2.86. The monoisotopic (exact) mass is 354 g/mol. The molecule has 0 atom stereocenters. The summed E-state index contributed by atoms with van der Waals surface area (Å²) in [4.78, 5) is 24.1. The number of carbonyl (C=O) groups excluding carboxylic acids is 2. The Hall–Kier alpha value is -2.59. The third kappa shape index (κ3) is 4.09. The van der Waals surface area contributed by atoms with Crippen molar-refractivity contribution in [2.75, 3.05) is 5.32 Å². The highest BCUT2D eigenvalue weighted by atomic mass is 35.5. The second-order valence-electron chi connectivity index (χ2n) is 6.17. The van der Waals surface area contributed by atoms with Crippen molar-refractivity contribution in [3.63, 3.8) is 0 Å².